The molecule has 1 atom stereocenters. The number of carbonyl (C=O) groups excluding carboxylic acids is 1. The summed E-state index contributed by atoms with van der Waals surface area (Å²) in [7, 11) is 0. The minimum absolute atomic E-state index is 0.0160. The van der Waals surface area contributed by atoms with E-state index in [1.807, 2.05) is 0 Å². The van der Waals surface area contributed by atoms with Crippen molar-refractivity contribution in [3.05, 3.63) is 33.2 Å². The summed E-state index contributed by atoms with van der Waals surface area (Å²) in [6.07, 6.45) is 3.34. The van der Waals surface area contributed by atoms with Crippen molar-refractivity contribution in [2.75, 3.05) is 26.3 Å². The van der Waals surface area contributed by atoms with Gasteiger partial charge in [-0.15, -0.1) is 0 Å². The molecule has 1 aromatic heterocycles. The number of aliphatic hydroxyl groups is 1. The first-order valence-electron chi connectivity index (χ1n) is 6.96. The molecule has 116 valence electrons. The second-order valence-corrected chi connectivity index (χ2v) is 5.93. The fourth-order valence-corrected chi connectivity index (χ4v) is 2.77. The molecule has 1 fully saturated rings. The number of piperidine rings is 1. The van der Waals surface area contributed by atoms with Crippen LogP contribution in [0.5, 0.6) is 0 Å². The van der Waals surface area contributed by atoms with E-state index in [2.05, 4.69) is 15.9 Å². The lowest BCUT2D eigenvalue weighted by atomic mass is 10.1. The first-order valence-corrected chi connectivity index (χ1v) is 7.75. The minimum atomic E-state index is -0.198. The second-order valence-electron chi connectivity index (χ2n) is 5.01. The van der Waals surface area contributed by atoms with E-state index >= 15 is 0 Å². The van der Waals surface area contributed by atoms with Gasteiger partial charge in [-0.2, -0.15) is 0 Å². The predicted molar refractivity (Wildman–Crippen MR) is 81.0 cm³/mol. The third kappa shape index (κ3) is 4.66. The van der Waals surface area contributed by atoms with Crippen molar-refractivity contribution in [1.29, 1.82) is 0 Å². The molecule has 0 bridgehead atoms. The fraction of sp³-hybridized carbons (Fsp3) is 0.571. The Balaban J connectivity index is 1.96. The second kappa shape index (κ2) is 7.72. The Morgan fingerprint density at radius 2 is 2.29 bits per heavy atom. The average molecular weight is 359 g/mol. The Morgan fingerprint density at radius 3 is 3.05 bits per heavy atom. The summed E-state index contributed by atoms with van der Waals surface area (Å²) >= 11 is 3.29. The SMILES string of the molecule is O=C(Cn1cc(Br)ccc1=O)N1CCCC(OCCO)C1. The summed E-state index contributed by atoms with van der Waals surface area (Å²) in [5.41, 5.74) is -0.198. The number of aliphatic hydroxyl groups excluding tert-OH is 1. The van der Waals surface area contributed by atoms with Crippen molar-refractivity contribution in [3.8, 4) is 0 Å². The molecule has 1 aliphatic heterocycles. The summed E-state index contributed by atoms with van der Waals surface area (Å²) in [6.45, 7) is 1.50. The molecule has 1 N–H and O–H groups in total. The molecular formula is C14H19BrN2O4. The van der Waals surface area contributed by atoms with Crippen LogP contribution in [-0.2, 0) is 16.1 Å². The molecule has 2 heterocycles. The molecule has 0 aromatic carbocycles. The number of likely N-dealkylation sites (tertiary alicyclic amines) is 1. The molecule has 1 unspecified atom stereocenters. The Labute approximate surface area is 131 Å². The lowest BCUT2D eigenvalue weighted by molar-refractivity contribution is -0.136. The summed E-state index contributed by atoms with van der Waals surface area (Å²) in [5.74, 6) is -0.0903. The molecule has 0 aliphatic carbocycles. The van der Waals surface area contributed by atoms with Gasteiger partial charge in [0.05, 0.1) is 19.3 Å². The summed E-state index contributed by atoms with van der Waals surface area (Å²) < 4.78 is 7.64. The van der Waals surface area contributed by atoms with Crippen molar-refractivity contribution in [2.45, 2.75) is 25.5 Å². The topological polar surface area (TPSA) is 71.8 Å². The molecular weight excluding hydrogens is 340 g/mol. The first-order chi connectivity index (χ1) is 10.1. The van der Waals surface area contributed by atoms with Crippen LogP contribution in [0.4, 0.5) is 0 Å². The highest BCUT2D eigenvalue weighted by atomic mass is 79.9. The van der Waals surface area contributed by atoms with Gasteiger partial charge in [-0.3, -0.25) is 9.59 Å². The maximum atomic E-state index is 12.3. The number of aromatic nitrogens is 1. The van der Waals surface area contributed by atoms with E-state index in [1.165, 1.54) is 10.6 Å². The number of rotatable bonds is 5. The van der Waals surface area contributed by atoms with E-state index in [1.54, 1.807) is 17.2 Å². The Kier molecular flexibility index (Phi) is 5.96. The van der Waals surface area contributed by atoms with E-state index in [4.69, 9.17) is 9.84 Å². The molecule has 1 saturated heterocycles. The monoisotopic (exact) mass is 358 g/mol. The Bertz CT molecular complexity index is 546. The van der Waals surface area contributed by atoms with Crippen LogP contribution in [0.15, 0.2) is 27.6 Å². The largest absolute Gasteiger partial charge is 0.394 e. The number of nitrogens with zero attached hydrogens (tertiary/aromatic N) is 2. The highest BCUT2D eigenvalue weighted by Crippen LogP contribution is 2.14. The highest BCUT2D eigenvalue weighted by molar-refractivity contribution is 9.10. The van der Waals surface area contributed by atoms with Gasteiger partial charge in [0.25, 0.3) is 5.56 Å². The van der Waals surface area contributed by atoms with Gasteiger partial charge < -0.3 is 19.3 Å². The van der Waals surface area contributed by atoms with Crippen LogP contribution in [0.2, 0.25) is 0 Å². The van der Waals surface area contributed by atoms with Crippen LogP contribution in [-0.4, -0.2) is 52.9 Å². The predicted octanol–water partition coefficient (Wildman–Crippen LogP) is 0.611. The van der Waals surface area contributed by atoms with Gasteiger partial charge in [0, 0.05) is 29.8 Å². The molecule has 6 nitrogen and oxygen atoms in total. The summed E-state index contributed by atoms with van der Waals surface area (Å²) in [6, 6.07) is 3.09. The van der Waals surface area contributed by atoms with Crippen LogP contribution < -0.4 is 5.56 Å². The lowest BCUT2D eigenvalue weighted by Crippen LogP contribution is -2.45. The van der Waals surface area contributed by atoms with Crippen molar-refractivity contribution in [2.24, 2.45) is 0 Å². The third-order valence-electron chi connectivity index (χ3n) is 3.43. The van der Waals surface area contributed by atoms with Crippen LogP contribution >= 0.6 is 15.9 Å². The summed E-state index contributed by atoms with van der Waals surface area (Å²) in [5, 5.41) is 8.78. The van der Waals surface area contributed by atoms with Crippen LogP contribution in [0, 0.1) is 0 Å². The maximum absolute atomic E-state index is 12.3. The zero-order valence-electron chi connectivity index (χ0n) is 11.7. The number of carbonyl (C=O) groups is 1. The molecule has 1 aromatic rings. The van der Waals surface area contributed by atoms with Gasteiger partial charge >= 0.3 is 0 Å². The quantitative estimate of drug-likeness (QED) is 0.836. The lowest BCUT2D eigenvalue weighted by Gasteiger charge is -2.32. The third-order valence-corrected chi connectivity index (χ3v) is 3.90. The normalized spacial score (nSPS) is 18.8. The van der Waals surface area contributed by atoms with Gasteiger partial charge in [-0.05, 0) is 34.8 Å². The number of ether oxygens (including phenoxy) is 1. The average Bonchev–Trinajstić information content (AvgIpc) is 2.49. The zero-order valence-corrected chi connectivity index (χ0v) is 13.3. The van der Waals surface area contributed by atoms with Crippen molar-refractivity contribution in [1.82, 2.24) is 9.47 Å². The number of amides is 1. The van der Waals surface area contributed by atoms with E-state index < -0.39 is 0 Å². The maximum Gasteiger partial charge on any atom is 0.251 e. The smallest absolute Gasteiger partial charge is 0.251 e. The van der Waals surface area contributed by atoms with Crippen LogP contribution in [0.25, 0.3) is 0 Å². The zero-order chi connectivity index (χ0) is 15.2. The Morgan fingerprint density at radius 1 is 1.48 bits per heavy atom. The molecule has 21 heavy (non-hydrogen) atoms. The van der Waals surface area contributed by atoms with Crippen molar-refractivity contribution in [3.63, 3.8) is 0 Å². The van der Waals surface area contributed by atoms with Crippen LogP contribution in [0.1, 0.15) is 12.8 Å². The molecule has 1 aliphatic rings. The van der Waals surface area contributed by atoms with Crippen molar-refractivity contribution >= 4 is 21.8 Å². The molecule has 0 saturated carbocycles. The number of pyridine rings is 1. The van der Waals surface area contributed by atoms with Gasteiger partial charge in [-0.1, -0.05) is 0 Å². The molecule has 1 amide bonds. The number of hydrogen-bond acceptors (Lipinski definition) is 4. The first kappa shape index (κ1) is 16.2. The van der Waals surface area contributed by atoms with E-state index in [-0.39, 0.29) is 37.3 Å². The van der Waals surface area contributed by atoms with Crippen LogP contribution in [0.3, 0.4) is 0 Å². The van der Waals surface area contributed by atoms with Crippen molar-refractivity contribution < 1.29 is 14.6 Å². The van der Waals surface area contributed by atoms with E-state index in [9.17, 15) is 9.59 Å². The number of hydrogen-bond donors (Lipinski definition) is 1. The van der Waals surface area contributed by atoms with E-state index in [0.29, 0.717) is 13.1 Å². The van der Waals surface area contributed by atoms with Gasteiger partial charge in [0.1, 0.15) is 6.54 Å². The van der Waals surface area contributed by atoms with E-state index in [0.717, 1.165) is 17.3 Å². The molecule has 7 heteroatoms. The standard InChI is InChI=1S/C14H19BrN2O4/c15-11-3-4-13(19)17(8-11)10-14(20)16-5-1-2-12(9-16)21-7-6-18/h3-4,8,12,18H,1-2,5-7,9-10H2. The van der Waals surface area contributed by atoms with Gasteiger partial charge in [0.15, 0.2) is 0 Å². The Hall–Kier alpha value is -1.18. The fourth-order valence-electron chi connectivity index (χ4n) is 2.39. The molecule has 0 spiro atoms. The molecule has 2 rings (SSSR count). The highest BCUT2D eigenvalue weighted by Gasteiger charge is 2.24. The molecule has 0 radical (unpaired) electrons. The number of halogens is 1. The van der Waals surface area contributed by atoms with Gasteiger partial charge in [-0.25, -0.2) is 0 Å². The minimum Gasteiger partial charge on any atom is -0.394 e. The summed E-state index contributed by atoms with van der Waals surface area (Å²) in [4.78, 5) is 25.7. The van der Waals surface area contributed by atoms with Gasteiger partial charge in [0.2, 0.25) is 5.91 Å².